The van der Waals surface area contributed by atoms with E-state index in [9.17, 15) is 5.11 Å². The molecule has 0 bridgehead atoms. The molecule has 3 nitrogen and oxygen atoms in total. The van der Waals surface area contributed by atoms with Crippen LogP contribution in [-0.4, -0.2) is 36.4 Å². The average molecular weight is 144 g/mol. The lowest BCUT2D eigenvalue weighted by Crippen LogP contribution is -2.44. The molecule has 1 aliphatic rings. The molecule has 0 aliphatic heterocycles. The summed E-state index contributed by atoms with van der Waals surface area (Å²) in [6, 6.07) is 0.324. The van der Waals surface area contributed by atoms with Gasteiger partial charge in [0.2, 0.25) is 0 Å². The monoisotopic (exact) mass is 144 g/mol. The van der Waals surface area contributed by atoms with Gasteiger partial charge in [0.25, 0.3) is 0 Å². The molecule has 2 atom stereocenters. The van der Waals surface area contributed by atoms with Crippen LogP contribution in [0.15, 0.2) is 0 Å². The average Bonchev–Trinajstić information content (AvgIpc) is 2.34. The van der Waals surface area contributed by atoms with Crippen LogP contribution < -0.4 is 5.43 Å². The van der Waals surface area contributed by atoms with E-state index < -0.39 is 0 Å². The van der Waals surface area contributed by atoms with Crippen LogP contribution in [0.2, 0.25) is 0 Å². The number of hydrazine groups is 1. The molecule has 0 aromatic rings. The Hall–Kier alpha value is -0.120. The summed E-state index contributed by atoms with van der Waals surface area (Å²) in [6.45, 7) is 0. The number of aliphatic hydroxyl groups excluding tert-OH is 1. The summed E-state index contributed by atoms with van der Waals surface area (Å²) in [5, 5.41) is 11.4. The molecule has 60 valence electrons. The summed E-state index contributed by atoms with van der Waals surface area (Å²) in [5.74, 6) is 0. The van der Waals surface area contributed by atoms with Crippen molar-refractivity contribution in [3.63, 3.8) is 0 Å². The van der Waals surface area contributed by atoms with Crippen molar-refractivity contribution in [2.24, 2.45) is 0 Å². The van der Waals surface area contributed by atoms with Gasteiger partial charge < -0.3 is 5.11 Å². The van der Waals surface area contributed by atoms with E-state index in [0.29, 0.717) is 6.04 Å². The highest BCUT2D eigenvalue weighted by Gasteiger charge is 2.27. The van der Waals surface area contributed by atoms with E-state index in [1.165, 1.54) is 0 Å². The lowest BCUT2D eigenvalue weighted by atomic mass is 10.2. The van der Waals surface area contributed by atoms with Crippen molar-refractivity contribution in [3.05, 3.63) is 0 Å². The molecule has 2 N–H and O–H groups in total. The number of likely N-dealkylation sites (N-methyl/N-ethyl adjacent to an activating group) is 1. The third kappa shape index (κ3) is 1.48. The van der Waals surface area contributed by atoms with Gasteiger partial charge in [0.1, 0.15) is 0 Å². The molecule has 0 aromatic carbocycles. The van der Waals surface area contributed by atoms with Crippen molar-refractivity contribution in [2.75, 3.05) is 14.1 Å². The number of hydrogen-bond acceptors (Lipinski definition) is 3. The topological polar surface area (TPSA) is 35.5 Å². The van der Waals surface area contributed by atoms with E-state index in [2.05, 4.69) is 5.43 Å². The van der Waals surface area contributed by atoms with Crippen LogP contribution >= 0.6 is 0 Å². The minimum atomic E-state index is -0.127. The minimum Gasteiger partial charge on any atom is -0.391 e. The zero-order chi connectivity index (χ0) is 7.56. The van der Waals surface area contributed by atoms with Crippen LogP contribution in [0.4, 0.5) is 0 Å². The van der Waals surface area contributed by atoms with E-state index in [1.807, 2.05) is 19.1 Å². The van der Waals surface area contributed by atoms with Gasteiger partial charge in [-0.25, -0.2) is 5.01 Å². The second kappa shape index (κ2) is 3.32. The van der Waals surface area contributed by atoms with Crippen molar-refractivity contribution >= 4 is 0 Å². The fourth-order valence-corrected chi connectivity index (χ4v) is 1.54. The van der Waals surface area contributed by atoms with Gasteiger partial charge in [-0.1, -0.05) is 0 Å². The summed E-state index contributed by atoms with van der Waals surface area (Å²) in [6.07, 6.45) is 3.09. The second-order valence-corrected chi connectivity index (χ2v) is 2.90. The maximum atomic E-state index is 9.41. The van der Waals surface area contributed by atoms with Gasteiger partial charge in [-0.05, 0) is 26.3 Å². The summed E-state index contributed by atoms with van der Waals surface area (Å²) < 4.78 is 0. The number of nitrogens with one attached hydrogen (secondary N) is 1. The first kappa shape index (κ1) is 7.98. The van der Waals surface area contributed by atoms with Crippen LogP contribution in [0.1, 0.15) is 19.3 Å². The smallest absolute Gasteiger partial charge is 0.0709 e. The van der Waals surface area contributed by atoms with Gasteiger partial charge in [-0.15, -0.1) is 0 Å². The van der Waals surface area contributed by atoms with Crippen molar-refractivity contribution < 1.29 is 5.11 Å². The van der Waals surface area contributed by atoms with E-state index in [0.717, 1.165) is 19.3 Å². The van der Waals surface area contributed by atoms with Gasteiger partial charge >= 0.3 is 0 Å². The molecule has 10 heavy (non-hydrogen) atoms. The van der Waals surface area contributed by atoms with Crippen LogP contribution in [0, 0.1) is 0 Å². The predicted molar refractivity (Wildman–Crippen MR) is 40.5 cm³/mol. The normalized spacial score (nSPS) is 33.6. The fourth-order valence-electron chi connectivity index (χ4n) is 1.54. The molecule has 0 amide bonds. The highest BCUT2D eigenvalue weighted by Crippen LogP contribution is 2.21. The van der Waals surface area contributed by atoms with Gasteiger partial charge in [-0.2, -0.15) is 0 Å². The molecular weight excluding hydrogens is 128 g/mol. The molecule has 0 saturated heterocycles. The maximum absolute atomic E-state index is 9.41. The fraction of sp³-hybridized carbons (Fsp3) is 1.00. The molecule has 0 aromatic heterocycles. The standard InChI is InChI=1S/C7H16N2O/c1-8-9(2)6-4-3-5-7(6)10/h6-8,10H,3-5H2,1-2H3/t6-,7+/m0/s1. The molecule has 1 aliphatic carbocycles. The van der Waals surface area contributed by atoms with E-state index in [4.69, 9.17) is 0 Å². The van der Waals surface area contributed by atoms with Crippen LogP contribution in [-0.2, 0) is 0 Å². The number of aliphatic hydroxyl groups is 1. The first-order valence-electron chi connectivity index (χ1n) is 3.84. The number of rotatable bonds is 2. The van der Waals surface area contributed by atoms with Gasteiger partial charge in [-0.3, -0.25) is 5.43 Å². The van der Waals surface area contributed by atoms with E-state index in [1.54, 1.807) is 0 Å². The van der Waals surface area contributed by atoms with Crippen molar-refractivity contribution in [3.8, 4) is 0 Å². The molecule has 1 fully saturated rings. The Bertz CT molecular complexity index is 108. The van der Waals surface area contributed by atoms with E-state index in [-0.39, 0.29) is 6.10 Å². The number of hydrogen-bond donors (Lipinski definition) is 2. The first-order valence-corrected chi connectivity index (χ1v) is 3.84. The molecule has 0 unspecified atom stereocenters. The Morgan fingerprint density at radius 3 is 2.60 bits per heavy atom. The Labute approximate surface area is 62.0 Å². The molecule has 1 rings (SSSR count). The Morgan fingerprint density at radius 2 is 2.20 bits per heavy atom. The molecule has 0 spiro atoms. The Morgan fingerprint density at radius 1 is 1.50 bits per heavy atom. The van der Waals surface area contributed by atoms with Crippen molar-refractivity contribution in [2.45, 2.75) is 31.4 Å². The van der Waals surface area contributed by atoms with E-state index >= 15 is 0 Å². The van der Waals surface area contributed by atoms with Crippen LogP contribution in [0.25, 0.3) is 0 Å². The summed E-state index contributed by atoms with van der Waals surface area (Å²) in [7, 11) is 3.85. The second-order valence-electron chi connectivity index (χ2n) is 2.90. The molecule has 1 saturated carbocycles. The number of nitrogens with zero attached hydrogens (tertiary/aromatic N) is 1. The SMILES string of the molecule is CNN(C)[C@H]1CCC[C@H]1O. The molecule has 0 radical (unpaired) electrons. The zero-order valence-electron chi connectivity index (χ0n) is 6.67. The van der Waals surface area contributed by atoms with Gasteiger partial charge in [0.15, 0.2) is 0 Å². The van der Waals surface area contributed by atoms with Gasteiger partial charge in [0.05, 0.1) is 6.10 Å². The molecule has 3 heteroatoms. The highest BCUT2D eigenvalue weighted by molar-refractivity contribution is 4.81. The third-order valence-corrected chi connectivity index (χ3v) is 2.29. The predicted octanol–water partition coefficient (Wildman–Crippen LogP) is -0.0340. The van der Waals surface area contributed by atoms with Gasteiger partial charge in [0, 0.05) is 13.1 Å². The first-order chi connectivity index (χ1) is 4.75. The minimum absolute atomic E-state index is 0.127. The maximum Gasteiger partial charge on any atom is 0.0709 e. The third-order valence-electron chi connectivity index (χ3n) is 2.29. The van der Waals surface area contributed by atoms with Crippen LogP contribution in [0.3, 0.4) is 0 Å². The van der Waals surface area contributed by atoms with Crippen LogP contribution in [0.5, 0.6) is 0 Å². The van der Waals surface area contributed by atoms with Crippen molar-refractivity contribution in [1.29, 1.82) is 0 Å². The highest BCUT2D eigenvalue weighted by atomic mass is 16.3. The summed E-state index contributed by atoms with van der Waals surface area (Å²) >= 11 is 0. The molecular formula is C7H16N2O. The lowest BCUT2D eigenvalue weighted by molar-refractivity contribution is 0.0628. The quantitative estimate of drug-likeness (QED) is 0.534. The largest absolute Gasteiger partial charge is 0.391 e. The van der Waals surface area contributed by atoms with Crippen molar-refractivity contribution in [1.82, 2.24) is 10.4 Å². The zero-order valence-corrected chi connectivity index (χ0v) is 6.67. The Balaban J connectivity index is 2.38. The summed E-state index contributed by atoms with van der Waals surface area (Å²) in [4.78, 5) is 0. The lowest BCUT2D eigenvalue weighted by Gasteiger charge is -2.25. The summed E-state index contributed by atoms with van der Waals surface area (Å²) in [5.41, 5.74) is 3.01. The Kier molecular flexibility index (Phi) is 2.65. The molecule has 0 heterocycles.